The topological polar surface area (TPSA) is 47.4 Å². The van der Waals surface area contributed by atoms with Crippen LogP contribution in [0.1, 0.15) is 6.92 Å². The number of aryl methyl sites for hydroxylation is 1. The normalized spacial score (nSPS) is 18.1. The molecule has 0 spiro atoms. The Morgan fingerprint density at radius 1 is 1.53 bits per heavy atom. The molecule has 5 nitrogen and oxygen atoms in total. The molecule has 1 aromatic rings. The van der Waals surface area contributed by atoms with Gasteiger partial charge in [0.1, 0.15) is 0 Å². The van der Waals surface area contributed by atoms with Crippen molar-refractivity contribution in [3.8, 4) is 0 Å². The lowest BCUT2D eigenvalue weighted by Gasteiger charge is -2.28. The molecule has 1 aliphatic rings. The molecule has 1 aliphatic heterocycles. The van der Waals surface area contributed by atoms with Crippen molar-refractivity contribution in [1.82, 2.24) is 14.5 Å². The van der Waals surface area contributed by atoms with Crippen LogP contribution < -0.4 is 0 Å². The number of aromatic nitrogens is 2. The Labute approximate surface area is 105 Å². The van der Waals surface area contributed by atoms with Crippen molar-refractivity contribution in [2.45, 2.75) is 17.3 Å². The van der Waals surface area contributed by atoms with Crippen LogP contribution in [0.25, 0.3) is 0 Å². The van der Waals surface area contributed by atoms with Gasteiger partial charge in [0.25, 0.3) is 0 Å². The van der Waals surface area contributed by atoms with E-state index in [0.717, 1.165) is 5.16 Å². The number of morpholine rings is 1. The minimum Gasteiger partial charge on any atom is -0.378 e. The third kappa shape index (κ3) is 3.01. The number of ether oxygens (including phenoxy) is 1. The number of imidazole rings is 1. The van der Waals surface area contributed by atoms with Crippen molar-refractivity contribution in [3.05, 3.63) is 12.4 Å². The van der Waals surface area contributed by atoms with Crippen LogP contribution in [0.4, 0.5) is 0 Å². The Kier molecular flexibility index (Phi) is 4.06. The zero-order valence-corrected chi connectivity index (χ0v) is 10.9. The van der Waals surface area contributed by atoms with Crippen LogP contribution in [0.3, 0.4) is 0 Å². The van der Waals surface area contributed by atoms with Gasteiger partial charge < -0.3 is 14.2 Å². The summed E-state index contributed by atoms with van der Waals surface area (Å²) >= 11 is 1.50. The van der Waals surface area contributed by atoms with Crippen molar-refractivity contribution in [2.24, 2.45) is 7.05 Å². The summed E-state index contributed by atoms with van der Waals surface area (Å²) in [6.07, 6.45) is 3.63. The van der Waals surface area contributed by atoms with Crippen molar-refractivity contribution < 1.29 is 9.53 Å². The Hall–Kier alpha value is -1.01. The monoisotopic (exact) mass is 255 g/mol. The van der Waals surface area contributed by atoms with Crippen LogP contribution in [-0.2, 0) is 16.6 Å². The summed E-state index contributed by atoms with van der Waals surface area (Å²) in [4.78, 5) is 18.2. The molecule has 1 atom stereocenters. The molecular formula is C11H17N3O2S. The van der Waals surface area contributed by atoms with Crippen LogP contribution >= 0.6 is 11.8 Å². The summed E-state index contributed by atoms with van der Waals surface area (Å²) in [6.45, 7) is 4.61. The van der Waals surface area contributed by atoms with E-state index >= 15 is 0 Å². The fourth-order valence-electron chi connectivity index (χ4n) is 1.71. The quantitative estimate of drug-likeness (QED) is 0.748. The summed E-state index contributed by atoms with van der Waals surface area (Å²) in [5, 5.41) is 0.772. The van der Waals surface area contributed by atoms with Crippen LogP contribution in [0.15, 0.2) is 17.6 Å². The highest BCUT2D eigenvalue weighted by molar-refractivity contribution is 8.00. The number of thioether (sulfide) groups is 1. The lowest BCUT2D eigenvalue weighted by Crippen LogP contribution is -2.44. The maximum atomic E-state index is 12.1. The third-order valence-electron chi connectivity index (χ3n) is 2.73. The lowest BCUT2D eigenvalue weighted by atomic mass is 10.3. The van der Waals surface area contributed by atoms with Crippen LogP contribution in [0.2, 0.25) is 0 Å². The molecule has 1 aromatic heterocycles. The van der Waals surface area contributed by atoms with Crippen molar-refractivity contribution in [2.75, 3.05) is 26.3 Å². The molecule has 1 fully saturated rings. The Morgan fingerprint density at radius 2 is 2.24 bits per heavy atom. The maximum absolute atomic E-state index is 12.1. The Balaban J connectivity index is 1.93. The number of carbonyl (C=O) groups is 1. The zero-order chi connectivity index (χ0) is 12.3. The first-order valence-corrected chi connectivity index (χ1v) is 6.57. The summed E-state index contributed by atoms with van der Waals surface area (Å²) in [5.41, 5.74) is 0. The summed E-state index contributed by atoms with van der Waals surface area (Å²) < 4.78 is 7.16. The number of nitrogens with zero attached hydrogens (tertiary/aromatic N) is 3. The first kappa shape index (κ1) is 12.4. The molecule has 94 valence electrons. The number of rotatable bonds is 3. The van der Waals surface area contributed by atoms with Gasteiger partial charge in [0.15, 0.2) is 5.16 Å². The second kappa shape index (κ2) is 5.55. The van der Waals surface area contributed by atoms with Gasteiger partial charge in [-0.3, -0.25) is 4.79 Å². The van der Waals surface area contributed by atoms with Gasteiger partial charge >= 0.3 is 0 Å². The van der Waals surface area contributed by atoms with Gasteiger partial charge in [0.2, 0.25) is 5.91 Å². The van der Waals surface area contributed by atoms with Crippen LogP contribution in [-0.4, -0.2) is 51.9 Å². The Bertz CT molecular complexity index is 388. The second-order valence-corrected chi connectivity index (χ2v) is 5.33. The molecule has 1 amide bonds. The number of carbonyl (C=O) groups excluding carboxylic acids is 1. The van der Waals surface area contributed by atoms with Crippen LogP contribution in [0, 0.1) is 0 Å². The zero-order valence-electron chi connectivity index (χ0n) is 10.1. The minimum absolute atomic E-state index is 0.103. The molecule has 0 bridgehead atoms. The van der Waals surface area contributed by atoms with Crippen molar-refractivity contribution in [1.29, 1.82) is 0 Å². The fraction of sp³-hybridized carbons (Fsp3) is 0.636. The smallest absolute Gasteiger partial charge is 0.236 e. The predicted octanol–water partition coefficient (Wildman–Crippen LogP) is 0.759. The van der Waals surface area contributed by atoms with Crippen LogP contribution in [0.5, 0.6) is 0 Å². The standard InChI is InChI=1S/C11H17N3O2S/c1-9(17-11-12-3-4-13(11)2)10(15)14-5-7-16-8-6-14/h3-4,9H,5-8H2,1-2H3. The summed E-state index contributed by atoms with van der Waals surface area (Å²) in [6, 6.07) is 0. The van der Waals surface area contributed by atoms with E-state index < -0.39 is 0 Å². The number of hydrogen-bond donors (Lipinski definition) is 0. The highest BCUT2D eigenvalue weighted by Gasteiger charge is 2.24. The average Bonchev–Trinajstić information content (AvgIpc) is 2.75. The highest BCUT2D eigenvalue weighted by atomic mass is 32.2. The highest BCUT2D eigenvalue weighted by Crippen LogP contribution is 2.22. The molecule has 0 aromatic carbocycles. The molecule has 0 saturated carbocycles. The van der Waals surface area contributed by atoms with E-state index in [4.69, 9.17) is 4.74 Å². The van der Waals surface area contributed by atoms with Crippen molar-refractivity contribution in [3.63, 3.8) is 0 Å². The molecule has 2 rings (SSSR count). The second-order valence-electron chi connectivity index (χ2n) is 4.02. The Morgan fingerprint density at radius 3 is 2.82 bits per heavy atom. The van der Waals surface area contributed by atoms with Gasteiger partial charge in [-0.15, -0.1) is 0 Å². The molecular weight excluding hydrogens is 238 g/mol. The van der Waals surface area contributed by atoms with E-state index in [1.807, 2.05) is 29.6 Å². The fourth-order valence-corrected chi connectivity index (χ4v) is 2.63. The molecule has 1 unspecified atom stereocenters. The largest absolute Gasteiger partial charge is 0.378 e. The molecule has 17 heavy (non-hydrogen) atoms. The van der Waals surface area contributed by atoms with E-state index in [9.17, 15) is 4.79 Å². The summed E-state index contributed by atoms with van der Waals surface area (Å²) in [5.74, 6) is 0.168. The van der Waals surface area contributed by atoms with Gasteiger partial charge in [0, 0.05) is 32.5 Å². The van der Waals surface area contributed by atoms with Gasteiger partial charge in [0.05, 0.1) is 18.5 Å². The molecule has 0 radical (unpaired) electrons. The van der Waals surface area contributed by atoms with E-state index in [-0.39, 0.29) is 11.2 Å². The first-order chi connectivity index (χ1) is 8.18. The number of amides is 1. The molecule has 0 aliphatic carbocycles. The number of hydrogen-bond acceptors (Lipinski definition) is 4. The summed E-state index contributed by atoms with van der Waals surface area (Å²) in [7, 11) is 1.93. The van der Waals surface area contributed by atoms with E-state index in [0.29, 0.717) is 26.3 Å². The first-order valence-electron chi connectivity index (χ1n) is 5.69. The lowest BCUT2D eigenvalue weighted by molar-refractivity contribution is -0.134. The van der Waals surface area contributed by atoms with Gasteiger partial charge in [-0.2, -0.15) is 0 Å². The molecule has 1 saturated heterocycles. The molecule has 6 heteroatoms. The SMILES string of the molecule is CC(Sc1nccn1C)C(=O)N1CCOCC1. The average molecular weight is 255 g/mol. The maximum Gasteiger partial charge on any atom is 0.236 e. The third-order valence-corrected chi connectivity index (χ3v) is 3.89. The van der Waals surface area contributed by atoms with E-state index in [1.54, 1.807) is 6.20 Å². The van der Waals surface area contributed by atoms with Gasteiger partial charge in [-0.25, -0.2) is 4.98 Å². The van der Waals surface area contributed by atoms with Gasteiger partial charge in [-0.05, 0) is 6.92 Å². The minimum atomic E-state index is -0.103. The van der Waals surface area contributed by atoms with E-state index in [1.165, 1.54) is 11.8 Å². The van der Waals surface area contributed by atoms with Crippen molar-refractivity contribution >= 4 is 17.7 Å². The predicted molar refractivity (Wildman–Crippen MR) is 65.9 cm³/mol. The van der Waals surface area contributed by atoms with E-state index in [2.05, 4.69) is 4.98 Å². The molecule has 2 heterocycles. The van der Waals surface area contributed by atoms with Gasteiger partial charge in [-0.1, -0.05) is 11.8 Å². The molecule has 0 N–H and O–H groups in total.